The quantitative estimate of drug-likeness (QED) is 0.629. The van der Waals surface area contributed by atoms with Crippen molar-refractivity contribution >= 4 is 11.5 Å². The molecule has 16 heavy (non-hydrogen) atoms. The zero-order valence-corrected chi connectivity index (χ0v) is 9.36. The molecule has 1 aliphatic rings. The van der Waals surface area contributed by atoms with Crippen molar-refractivity contribution in [3.05, 3.63) is 16.7 Å². The van der Waals surface area contributed by atoms with Crippen molar-refractivity contribution in [1.82, 2.24) is 9.97 Å². The normalized spacial score (nSPS) is 25.0. The van der Waals surface area contributed by atoms with E-state index in [1.165, 1.54) is 6.33 Å². The summed E-state index contributed by atoms with van der Waals surface area (Å²) in [5.41, 5.74) is 11.4. The van der Waals surface area contributed by atoms with Crippen LogP contribution >= 0.6 is 0 Å². The van der Waals surface area contributed by atoms with E-state index in [9.17, 15) is 4.79 Å². The number of nitrogens with two attached hydrogens (primary N) is 2. The molecule has 1 saturated heterocycles. The monoisotopic (exact) mass is 223 g/mol. The Kier molecular flexibility index (Phi) is 2.59. The van der Waals surface area contributed by atoms with Gasteiger partial charge in [-0.3, -0.25) is 4.79 Å². The molecule has 6 nitrogen and oxygen atoms in total. The maximum Gasteiger partial charge on any atom is 0.276 e. The number of nitrogens with zero attached hydrogens (tertiary/aromatic N) is 2. The number of nitrogens with one attached hydrogen (secondary N) is 1. The summed E-state index contributed by atoms with van der Waals surface area (Å²) in [5.74, 6) is 0.570. The second-order valence-corrected chi connectivity index (χ2v) is 4.66. The summed E-state index contributed by atoms with van der Waals surface area (Å²) in [4.78, 5) is 20.0. The largest absolute Gasteiger partial charge is 0.391 e. The molecule has 0 spiro atoms. The van der Waals surface area contributed by atoms with Crippen molar-refractivity contribution in [2.45, 2.75) is 13.3 Å². The summed E-state index contributed by atoms with van der Waals surface area (Å²) in [6.07, 6.45) is 2.38. The summed E-state index contributed by atoms with van der Waals surface area (Å²) < 4.78 is 0. The number of nitrogen functional groups attached to an aromatic ring is 1. The molecule has 1 aromatic rings. The van der Waals surface area contributed by atoms with Crippen LogP contribution in [0.4, 0.5) is 11.5 Å². The lowest BCUT2D eigenvalue weighted by Gasteiger charge is -2.23. The Hall–Kier alpha value is -1.56. The predicted octanol–water partition coefficient (Wildman–Crippen LogP) is -0.473. The number of hydrogen-bond acceptors (Lipinski definition) is 5. The summed E-state index contributed by atoms with van der Waals surface area (Å²) >= 11 is 0. The van der Waals surface area contributed by atoms with Gasteiger partial charge in [0.2, 0.25) is 0 Å². The molecule has 0 saturated carbocycles. The van der Waals surface area contributed by atoms with Crippen LogP contribution in [0.2, 0.25) is 0 Å². The third-order valence-corrected chi connectivity index (χ3v) is 3.22. The first-order valence-corrected chi connectivity index (χ1v) is 5.34. The maximum atomic E-state index is 11.4. The number of aromatic nitrogens is 2. The number of rotatable bonds is 2. The van der Waals surface area contributed by atoms with Crippen LogP contribution in [0.5, 0.6) is 0 Å². The van der Waals surface area contributed by atoms with Gasteiger partial charge in [-0.25, -0.2) is 4.98 Å². The van der Waals surface area contributed by atoms with Gasteiger partial charge >= 0.3 is 0 Å². The summed E-state index contributed by atoms with van der Waals surface area (Å²) in [6, 6.07) is 0. The molecule has 1 unspecified atom stereocenters. The van der Waals surface area contributed by atoms with Gasteiger partial charge in [0.15, 0.2) is 5.82 Å². The Morgan fingerprint density at radius 3 is 3.06 bits per heavy atom. The highest BCUT2D eigenvalue weighted by Gasteiger charge is 2.34. The van der Waals surface area contributed by atoms with Gasteiger partial charge < -0.3 is 21.4 Å². The van der Waals surface area contributed by atoms with Crippen LogP contribution in [0, 0.1) is 5.41 Å². The standard InChI is InChI=1S/C10H17N5O/c1-10(4-11)2-3-15(5-10)8-7(12)9(16)14-6-13-8/h6H,2-5,11-12H2,1H3,(H,13,14,16). The second kappa shape index (κ2) is 3.79. The van der Waals surface area contributed by atoms with E-state index in [0.29, 0.717) is 12.4 Å². The second-order valence-electron chi connectivity index (χ2n) is 4.66. The fourth-order valence-electron chi connectivity index (χ4n) is 2.02. The first-order chi connectivity index (χ1) is 7.56. The molecule has 5 N–H and O–H groups in total. The lowest BCUT2D eigenvalue weighted by molar-refractivity contribution is 0.383. The van der Waals surface area contributed by atoms with Gasteiger partial charge in [-0.05, 0) is 18.4 Å². The molecule has 0 aromatic carbocycles. The third kappa shape index (κ3) is 1.76. The molecule has 1 fully saturated rings. The Morgan fingerprint density at radius 1 is 1.69 bits per heavy atom. The van der Waals surface area contributed by atoms with E-state index >= 15 is 0 Å². The van der Waals surface area contributed by atoms with Crippen molar-refractivity contribution in [1.29, 1.82) is 0 Å². The molecule has 1 aliphatic heterocycles. The lowest BCUT2D eigenvalue weighted by Crippen LogP contribution is -2.32. The summed E-state index contributed by atoms with van der Waals surface area (Å²) in [6.45, 7) is 4.40. The van der Waals surface area contributed by atoms with E-state index < -0.39 is 0 Å². The summed E-state index contributed by atoms with van der Waals surface area (Å²) in [5, 5.41) is 0. The average molecular weight is 223 g/mol. The first-order valence-electron chi connectivity index (χ1n) is 5.34. The number of H-pyrrole nitrogens is 1. The maximum absolute atomic E-state index is 11.4. The van der Waals surface area contributed by atoms with E-state index in [1.807, 2.05) is 4.90 Å². The van der Waals surface area contributed by atoms with Crippen molar-refractivity contribution in [3.8, 4) is 0 Å². The zero-order chi connectivity index (χ0) is 11.8. The van der Waals surface area contributed by atoms with E-state index in [2.05, 4.69) is 16.9 Å². The molecule has 2 rings (SSSR count). The van der Waals surface area contributed by atoms with Crippen LogP contribution in [-0.4, -0.2) is 29.6 Å². The van der Waals surface area contributed by atoms with Gasteiger partial charge in [-0.1, -0.05) is 6.92 Å². The molecule has 88 valence electrons. The van der Waals surface area contributed by atoms with Crippen LogP contribution in [0.1, 0.15) is 13.3 Å². The van der Waals surface area contributed by atoms with Gasteiger partial charge in [0.05, 0.1) is 6.33 Å². The molecule has 0 bridgehead atoms. The van der Waals surface area contributed by atoms with E-state index in [0.717, 1.165) is 19.5 Å². The molecule has 1 aromatic heterocycles. The third-order valence-electron chi connectivity index (χ3n) is 3.22. The minimum atomic E-state index is -0.286. The van der Waals surface area contributed by atoms with Gasteiger partial charge in [0.1, 0.15) is 5.69 Å². The predicted molar refractivity (Wildman–Crippen MR) is 63.3 cm³/mol. The number of aromatic amines is 1. The van der Waals surface area contributed by atoms with Crippen molar-refractivity contribution in [3.63, 3.8) is 0 Å². The van der Waals surface area contributed by atoms with E-state index in [-0.39, 0.29) is 16.7 Å². The molecule has 1 atom stereocenters. The average Bonchev–Trinajstić information content (AvgIpc) is 2.66. The van der Waals surface area contributed by atoms with E-state index in [1.54, 1.807) is 0 Å². The molecular formula is C10H17N5O. The molecule has 0 radical (unpaired) electrons. The zero-order valence-electron chi connectivity index (χ0n) is 9.36. The van der Waals surface area contributed by atoms with Gasteiger partial charge in [0, 0.05) is 13.1 Å². The minimum Gasteiger partial charge on any atom is -0.391 e. The smallest absolute Gasteiger partial charge is 0.276 e. The highest BCUT2D eigenvalue weighted by Crippen LogP contribution is 2.32. The van der Waals surface area contributed by atoms with Gasteiger partial charge in [-0.2, -0.15) is 0 Å². The van der Waals surface area contributed by atoms with Crippen LogP contribution in [0.3, 0.4) is 0 Å². The van der Waals surface area contributed by atoms with Crippen LogP contribution in [-0.2, 0) is 0 Å². The van der Waals surface area contributed by atoms with Gasteiger partial charge in [-0.15, -0.1) is 0 Å². The molecule has 6 heteroatoms. The minimum absolute atomic E-state index is 0.0940. The first kappa shape index (κ1) is 10.9. The van der Waals surface area contributed by atoms with Crippen LogP contribution in [0.15, 0.2) is 11.1 Å². The highest BCUT2D eigenvalue weighted by atomic mass is 16.1. The SMILES string of the molecule is CC1(CN)CCN(c2nc[nH]c(=O)c2N)C1. The molecule has 2 heterocycles. The molecule has 0 aliphatic carbocycles. The van der Waals surface area contributed by atoms with E-state index in [4.69, 9.17) is 11.5 Å². The lowest BCUT2D eigenvalue weighted by atomic mass is 9.90. The summed E-state index contributed by atoms with van der Waals surface area (Å²) in [7, 11) is 0. The Bertz CT molecular complexity index is 443. The number of anilines is 2. The highest BCUT2D eigenvalue weighted by molar-refractivity contribution is 5.61. The van der Waals surface area contributed by atoms with Crippen molar-refractivity contribution in [2.24, 2.45) is 11.1 Å². The van der Waals surface area contributed by atoms with Crippen molar-refractivity contribution < 1.29 is 0 Å². The van der Waals surface area contributed by atoms with Crippen LogP contribution < -0.4 is 21.9 Å². The van der Waals surface area contributed by atoms with Crippen LogP contribution in [0.25, 0.3) is 0 Å². The van der Waals surface area contributed by atoms with Crippen molar-refractivity contribution in [2.75, 3.05) is 30.3 Å². The molecular weight excluding hydrogens is 206 g/mol. The Morgan fingerprint density at radius 2 is 2.44 bits per heavy atom. The fourth-order valence-corrected chi connectivity index (χ4v) is 2.02. The Labute approximate surface area is 93.7 Å². The Balaban J connectivity index is 2.27. The molecule has 0 amide bonds. The topological polar surface area (TPSA) is 101 Å². The van der Waals surface area contributed by atoms with Gasteiger partial charge in [0.25, 0.3) is 5.56 Å². The number of hydrogen-bond donors (Lipinski definition) is 3. The fraction of sp³-hybridized carbons (Fsp3) is 0.600.